The number of halogens is 3. The lowest BCUT2D eigenvalue weighted by Gasteiger charge is -2.16. The van der Waals surface area contributed by atoms with Gasteiger partial charge in [0.05, 0.1) is 16.3 Å². The van der Waals surface area contributed by atoms with Crippen molar-refractivity contribution in [3.05, 3.63) is 68.2 Å². The Kier molecular flexibility index (Phi) is 4.43. The maximum atomic E-state index is 12.8. The Morgan fingerprint density at radius 2 is 1.54 bits per heavy atom. The van der Waals surface area contributed by atoms with Gasteiger partial charge in [-0.15, -0.1) is 0 Å². The molecule has 3 nitrogen and oxygen atoms in total. The van der Waals surface area contributed by atoms with Gasteiger partial charge in [0.25, 0.3) is 11.8 Å². The van der Waals surface area contributed by atoms with E-state index in [9.17, 15) is 9.59 Å². The number of anilines is 1. The summed E-state index contributed by atoms with van der Waals surface area (Å²) < 4.78 is 0. The van der Waals surface area contributed by atoms with Crippen molar-refractivity contribution < 1.29 is 9.59 Å². The Labute approximate surface area is 154 Å². The molecule has 0 atom stereocenters. The van der Waals surface area contributed by atoms with Gasteiger partial charge in [0.1, 0.15) is 5.03 Å². The highest BCUT2D eigenvalue weighted by Gasteiger charge is 2.40. The number of amides is 2. The summed E-state index contributed by atoms with van der Waals surface area (Å²) in [5, 5.41) is 0.483. The number of nitrogens with zero attached hydrogens (tertiary/aromatic N) is 1. The second-order valence-electron chi connectivity index (χ2n) is 5.53. The summed E-state index contributed by atoms with van der Waals surface area (Å²) in [6, 6.07) is 10.1. The lowest BCUT2D eigenvalue weighted by molar-refractivity contribution is -0.119. The molecule has 6 heteroatoms. The molecule has 0 unspecified atom stereocenters. The van der Waals surface area contributed by atoms with Crippen LogP contribution in [0.4, 0.5) is 5.69 Å². The molecule has 2 aromatic carbocycles. The van der Waals surface area contributed by atoms with Gasteiger partial charge in [0.2, 0.25) is 0 Å². The molecule has 0 saturated heterocycles. The Morgan fingerprint density at radius 1 is 0.833 bits per heavy atom. The van der Waals surface area contributed by atoms with Crippen LogP contribution in [0.2, 0.25) is 10.0 Å². The van der Waals surface area contributed by atoms with Crippen molar-refractivity contribution in [2.45, 2.75) is 13.8 Å². The van der Waals surface area contributed by atoms with Gasteiger partial charge in [-0.05, 0) is 48.7 Å². The largest absolute Gasteiger partial charge is 0.277 e. The Balaban J connectivity index is 2.11. The first kappa shape index (κ1) is 17.0. The van der Waals surface area contributed by atoms with Crippen LogP contribution in [0.25, 0.3) is 5.57 Å². The standard InChI is InChI=1S/C18H12Cl3NO2/c1-9-3-4-11(7-10(9)2)15-16(21)18(24)22(17(15)23)14-8-12(19)5-6-13(14)20/h3-8H,1-2H3. The maximum absolute atomic E-state index is 12.8. The van der Waals surface area contributed by atoms with E-state index in [4.69, 9.17) is 34.8 Å². The van der Waals surface area contributed by atoms with Crippen molar-refractivity contribution >= 4 is 57.9 Å². The van der Waals surface area contributed by atoms with Crippen LogP contribution < -0.4 is 4.90 Å². The number of imide groups is 1. The highest BCUT2D eigenvalue weighted by atomic mass is 35.5. The van der Waals surface area contributed by atoms with Crippen molar-refractivity contribution in [3.8, 4) is 0 Å². The molecule has 0 aromatic heterocycles. The van der Waals surface area contributed by atoms with Crippen molar-refractivity contribution in [1.29, 1.82) is 0 Å². The summed E-state index contributed by atoms with van der Waals surface area (Å²) in [4.78, 5) is 26.3. The third kappa shape index (κ3) is 2.73. The second kappa shape index (κ2) is 6.25. The smallest absolute Gasteiger partial charge is 0.268 e. The minimum atomic E-state index is -0.612. The van der Waals surface area contributed by atoms with Gasteiger partial charge < -0.3 is 0 Å². The van der Waals surface area contributed by atoms with Crippen molar-refractivity contribution in [2.75, 3.05) is 4.90 Å². The zero-order valence-electron chi connectivity index (χ0n) is 12.9. The number of benzene rings is 2. The van der Waals surface area contributed by atoms with Crippen LogP contribution in [-0.4, -0.2) is 11.8 Å². The third-order valence-electron chi connectivity index (χ3n) is 3.97. The monoisotopic (exact) mass is 379 g/mol. The molecule has 2 aromatic rings. The van der Waals surface area contributed by atoms with Crippen LogP contribution >= 0.6 is 34.8 Å². The van der Waals surface area contributed by atoms with E-state index < -0.39 is 11.8 Å². The molecular formula is C18H12Cl3NO2. The number of hydrogen-bond donors (Lipinski definition) is 0. The number of aryl methyl sites for hydroxylation is 2. The summed E-state index contributed by atoms with van der Waals surface area (Å²) >= 11 is 18.3. The van der Waals surface area contributed by atoms with E-state index in [0.29, 0.717) is 10.6 Å². The van der Waals surface area contributed by atoms with E-state index in [2.05, 4.69) is 0 Å². The zero-order chi connectivity index (χ0) is 17.6. The van der Waals surface area contributed by atoms with Gasteiger partial charge in [-0.25, -0.2) is 4.90 Å². The molecule has 0 N–H and O–H groups in total. The topological polar surface area (TPSA) is 37.4 Å². The van der Waals surface area contributed by atoms with Gasteiger partial charge in [0.15, 0.2) is 0 Å². The van der Waals surface area contributed by atoms with Crippen molar-refractivity contribution in [2.24, 2.45) is 0 Å². The van der Waals surface area contributed by atoms with Crippen LogP contribution in [0.5, 0.6) is 0 Å². The summed E-state index contributed by atoms with van der Waals surface area (Å²) in [6.45, 7) is 3.90. The van der Waals surface area contributed by atoms with Crippen LogP contribution in [0.3, 0.4) is 0 Å². The van der Waals surface area contributed by atoms with E-state index in [1.807, 2.05) is 26.0 Å². The van der Waals surface area contributed by atoms with Gasteiger partial charge in [-0.2, -0.15) is 0 Å². The highest BCUT2D eigenvalue weighted by Crippen LogP contribution is 2.38. The Bertz CT molecular complexity index is 918. The molecule has 1 heterocycles. The summed E-state index contributed by atoms with van der Waals surface area (Å²) in [6.07, 6.45) is 0. The van der Waals surface area contributed by atoms with Crippen molar-refractivity contribution in [1.82, 2.24) is 0 Å². The molecule has 122 valence electrons. The molecule has 2 amide bonds. The molecule has 1 aliphatic heterocycles. The van der Waals surface area contributed by atoms with Crippen LogP contribution in [-0.2, 0) is 9.59 Å². The second-order valence-corrected chi connectivity index (χ2v) is 6.75. The fourth-order valence-corrected chi connectivity index (χ4v) is 3.17. The molecule has 24 heavy (non-hydrogen) atoms. The summed E-state index contributed by atoms with van der Waals surface area (Å²) in [5.74, 6) is -1.13. The first-order chi connectivity index (χ1) is 11.3. The summed E-state index contributed by atoms with van der Waals surface area (Å²) in [7, 11) is 0. The molecule has 3 rings (SSSR count). The molecule has 0 aliphatic carbocycles. The zero-order valence-corrected chi connectivity index (χ0v) is 15.1. The van der Waals surface area contributed by atoms with Crippen LogP contribution in [0.1, 0.15) is 16.7 Å². The van der Waals surface area contributed by atoms with Crippen molar-refractivity contribution in [3.63, 3.8) is 0 Å². The third-order valence-corrected chi connectivity index (χ3v) is 4.88. The van der Waals surface area contributed by atoms with E-state index in [1.54, 1.807) is 12.1 Å². The highest BCUT2D eigenvalue weighted by molar-refractivity contribution is 6.60. The lowest BCUT2D eigenvalue weighted by atomic mass is 10.0. The number of carbonyl (C=O) groups is 2. The van der Waals surface area contributed by atoms with E-state index in [1.165, 1.54) is 12.1 Å². The molecule has 0 spiro atoms. The predicted octanol–water partition coefficient (Wildman–Crippen LogP) is 5.13. The fourth-order valence-electron chi connectivity index (χ4n) is 2.53. The Morgan fingerprint density at radius 3 is 2.21 bits per heavy atom. The quantitative estimate of drug-likeness (QED) is 0.677. The van der Waals surface area contributed by atoms with Gasteiger partial charge >= 0.3 is 0 Å². The number of carbonyl (C=O) groups excluding carboxylic acids is 2. The molecule has 0 fully saturated rings. The van der Waals surface area contributed by atoms with E-state index in [0.717, 1.165) is 16.0 Å². The molecule has 1 aliphatic rings. The number of rotatable bonds is 2. The minimum absolute atomic E-state index is 0.126. The first-order valence-electron chi connectivity index (χ1n) is 7.12. The van der Waals surface area contributed by atoms with Gasteiger partial charge in [-0.3, -0.25) is 9.59 Å². The van der Waals surface area contributed by atoms with Gasteiger partial charge in [-0.1, -0.05) is 53.0 Å². The average Bonchev–Trinajstić information content (AvgIpc) is 2.75. The van der Waals surface area contributed by atoms with Crippen LogP contribution in [0.15, 0.2) is 41.4 Å². The van der Waals surface area contributed by atoms with Gasteiger partial charge in [0, 0.05) is 5.02 Å². The number of hydrogen-bond acceptors (Lipinski definition) is 2. The first-order valence-corrected chi connectivity index (χ1v) is 8.26. The molecular weight excluding hydrogens is 369 g/mol. The molecule has 0 saturated carbocycles. The molecule has 0 radical (unpaired) electrons. The molecule has 0 bridgehead atoms. The van der Waals surface area contributed by atoms with E-state index in [-0.39, 0.29) is 21.3 Å². The fraction of sp³-hybridized carbons (Fsp3) is 0.111. The van der Waals surface area contributed by atoms with E-state index >= 15 is 0 Å². The normalized spacial score (nSPS) is 14.8. The average molecular weight is 381 g/mol. The summed E-state index contributed by atoms with van der Waals surface area (Å²) in [5.41, 5.74) is 3.07. The SMILES string of the molecule is Cc1ccc(C2=C(Cl)C(=O)N(c3cc(Cl)ccc3Cl)C2=O)cc1C. The minimum Gasteiger partial charge on any atom is -0.268 e. The lowest BCUT2D eigenvalue weighted by Crippen LogP contribution is -2.31. The Hall–Kier alpha value is -1.81. The maximum Gasteiger partial charge on any atom is 0.277 e. The predicted molar refractivity (Wildman–Crippen MR) is 97.6 cm³/mol. The van der Waals surface area contributed by atoms with Crippen LogP contribution in [0, 0.1) is 13.8 Å².